The summed E-state index contributed by atoms with van der Waals surface area (Å²) >= 11 is 0. The van der Waals surface area contributed by atoms with Gasteiger partial charge >= 0.3 is 0 Å². The van der Waals surface area contributed by atoms with Crippen molar-refractivity contribution in [1.82, 2.24) is 15.2 Å². The second-order valence-corrected chi connectivity index (χ2v) is 3.47. The highest BCUT2D eigenvalue weighted by atomic mass is 15.4. The number of nitrogens with two attached hydrogens (primary N) is 1. The first-order valence-electron chi connectivity index (χ1n) is 4.57. The van der Waals surface area contributed by atoms with Gasteiger partial charge in [-0.25, -0.2) is 5.84 Å². The molecule has 1 aliphatic heterocycles. The van der Waals surface area contributed by atoms with E-state index in [4.69, 9.17) is 5.84 Å². The quantitative estimate of drug-likeness (QED) is 0.222. The average molecular weight is 185 g/mol. The van der Waals surface area contributed by atoms with Gasteiger partial charge in [-0.3, -0.25) is 10.4 Å². The number of rotatable bonds is 0. The molecule has 0 aromatic heterocycles. The zero-order chi connectivity index (χ0) is 9.84. The molecule has 0 spiro atoms. The minimum Gasteiger partial charge on any atom is -0.339 e. The van der Waals surface area contributed by atoms with Crippen LogP contribution in [0.5, 0.6) is 0 Å². The van der Waals surface area contributed by atoms with Gasteiger partial charge in [0.05, 0.1) is 0 Å². The molecule has 13 heavy (non-hydrogen) atoms. The van der Waals surface area contributed by atoms with Crippen LogP contribution in [-0.2, 0) is 0 Å². The molecule has 1 atom stereocenters. The number of hydrazine groups is 1. The van der Waals surface area contributed by atoms with Crippen LogP contribution >= 0.6 is 0 Å². The van der Waals surface area contributed by atoms with Crippen molar-refractivity contribution in [2.75, 3.05) is 33.7 Å². The largest absolute Gasteiger partial charge is 0.339 e. The van der Waals surface area contributed by atoms with Crippen LogP contribution in [0, 0.1) is 0 Å². The lowest BCUT2D eigenvalue weighted by Gasteiger charge is -2.38. The molecule has 0 saturated carbocycles. The normalized spacial score (nSPS) is 26.3. The fraction of sp³-hybridized carbons (Fsp3) is 0.875. The maximum absolute atomic E-state index is 5.36. The summed E-state index contributed by atoms with van der Waals surface area (Å²) in [6, 6.07) is 0.554. The van der Waals surface area contributed by atoms with Gasteiger partial charge in [-0.2, -0.15) is 0 Å². The Bertz CT molecular complexity index is 191. The molecule has 1 heterocycles. The summed E-state index contributed by atoms with van der Waals surface area (Å²) in [6.45, 7) is 5.23. The van der Waals surface area contributed by atoms with E-state index >= 15 is 0 Å². The first-order chi connectivity index (χ1) is 6.19. The number of guanidine groups is 1. The predicted molar refractivity (Wildman–Crippen MR) is 54.3 cm³/mol. The maximum Gasteiger partial charge on any atom is 0.208 e. The zero-order valence-corrected chi connectivity index (χ0v) is 8.62. The summed E-state index contributed by atoms with van der Waals surface area (Å²) in [6.07, 6.45) is 0. The smallest absolute Gasteiger partial charge is 0.208 e. The number of nitrogens with zero attached hydrogens (tertiary/aromatic N) is 3. The van der Waals surface area contributed by atoms with E-state index < -0.39 is 0 Å². The Morgan fingerprint density at radius 1 is 1.54 bits per heavy atom. The second-order valence-electron chi connectivity index (χ2n) is 3.47. The predicted octanol–water partition coefficient (Wildman–Crippen LogP) is -0.929. The lowest BCUT2D eigenvalue weighted by atomic mass is 10.2. The van der Waals surface area contributed by atoms with Crippen LogP contribution in [0.15, 0.2) is 4.99 Å². The van der Waals surface area contributed by atoms with Crippen molar-refractivity contribution < 1.29 is 0 Å². The molecule has 1 rings (SSSR count). The van der Waals surface area contributed by atoms with Crippen molar-refractivity contribution in [3.63, 3.8) is 0 Å². The Balaban J connectivity index is 2.54. The summed E-state index contributed by atoms with van der Waals surface area (Å²) < 4.78 is 0. The molecule has 0 bridgehead atoms. The highest BCUT2D eigenvalue weighted by Gasteiger charge is 2.22. The topological polar surface area (TPSA) is 56.9 Å². The summed E-state index contributed by atoms with van der Waals surface area (Å²) in [5.41, 5.74) is 2.61. The van der Waals surface area contributed by atoms with Crippen molar-refractivity contribution in [3.05, 3.63) is 0 Å². The fourth-order valence-corrected chi connectivity index (χ4v) is 1.54. The third kappa shape index (κ3) is 2.32. The van der Waals surface area contributed by atoms with Crippen molar-refractivity contribution in [2.45, 2.75) is 13.0 Å². The summed E-state index contributed by atoms with van der Waals surface area (Å²) in [7, 11) is 3.89. The van der Waals surface area contributed by atoms with E-state index in [1.807, 2.05) is 0 Å². The van der Waals surface area contributed by atoms with Gasteiger partial charge in [0, 0.05) is 32.7 Å². The number of aliphatic imine (C=N–C) groups is 1. The molecule has 76 valence electrons. The maximum atomic E-state index is 5.36. The van der Waals surface area contributed by atoms with Crippen LogP contribution in [0.2, 0.25) is 0 Å². The number of nitrogens with one attached hydrogen (secondary N) is 1. The number of hydrogen-bond donors (Lipinski definition) is 2. The molecule has 0 amide bonds. The zero-order valence-electron chi connectivity index (χ0n) is 8.62. The van der Waals surface area contributed by atoms with Gasteiger partial charge in [0.1, 0.15) is 0 Å². The summed E-state index contributed by atoms with van der Waals surface area (Å²) in [4.78, 5) is 8.58. The van der Waals surface area contributed by atoms with Crippen LogP contribution in [0.4, 0.5) is 0 Å². The molecular weight excluding hydrogens is 166 g/mol. The van der Waals surface area contributed by atoms with E-state index in [1.54, 1.807) is 7.05 Å². The molecule has 0 aliphatic carbocycles. The van der Waals surface area contributed by atoms with Gasteiger partial charge in [-0.15, -0.1) is 0 Å². The van der Waals surface area contributed by atoms with Crippen LogP contribution < -0.4 is 11.3 Å². The van der Waals surface area contributed by atoms with E-state index in [9.17, 15) is 0 Å². The van der Waals surface area contributed by atoms with E-state index in [0.717, 1.165) is 25.6 Å². The minimum absolute atomic E-state index is 0.554. The molecule has 5 heteroatoms. The van der Waals surface area contributed by atoms with Crippen molar-refractivity contribution in [1.29, 1.82) is 0 Å². The van der Waals surface area contributed by atoms with Crippen LogP contribution in [-0.4, -0.2) is 55.5 Å². The Morgan fingerprint density at radius 3 is 2.69 bits per heavy atom. The van der Waals surface area contributed by atoms with Gasteiger partial charge < -0.3 is 9.80 Å². The third-order valence-electron chi connectivity index (χ3n) is 2.60. The Labute approximate surface area is 79.6 Å². The fourth-order valence-electron chi connectivity index (χ4n) is 1.54. The molecule has 0 radical (unpaired) electrons. The molecule has 5 nitrogen and oxygen atoms in total. The van der Waals surface area contributed by atoms with Gasteiger partial charge in [0.2, 0.25) is 5.96 Å². The number of hydrogen-bond acceptors (Lipinski definition) is 3. The SMILES string of the molecule is CN=C(NN)N1CCN(C)C(C)C1. The van der Waals surface area contributed by atoms with Crippen molar-refractivity contribution >= 4 is 5.96 Å². The third-order valence-corrected chi connectivity index (χ3v) is 2.60. The van der Waals surface area contributed by atoms with Gasteiger partial charge in [0.15, 0.2) is 0 Å². The number of piperazine rings is 1. The van der Waals surface area contributed by atoms with Crippen LogP contribution in [0.1, 0.15) is 6.92 Å². The molecule has 1 saturated heterocycles. The molecule has 0 aromatic carbocycles. The molecule has 3 N–H and O–H groups in total. The van der Waals surface area contributed by atoms with Crippen molar-refractivity contribution in [3.8, 4) is 0 Å². The van der Waals surface area contributed by atoms with Gasteiger partial charge in [-0.05, 0) is 14.0 Å². The van der Waals surface area contributed by atoms with Crippen LogP contribution in [0.3, 0.4) is 0 Å². The Kier molecular flexibility index (Phi) is 3.50. The molecule has 1 unspecified atom stereocenters. The van der Waals surface area contributed by atoms with Crippen molar-refractivity contribution in [2.24, 2.45) is 10.8 Å². The molecule has 1 aliphatic rings. The van der Waals surface area contributed by atoms with E-state index in [-0.39, 0.29) is 0 Å². The first-order valence-corrected chi connectivity index (χ1v) is 4.57. The van der Waals surface area contributed by atoms with E-state index in [0.29, 0.717) is 6.04 Å². The standard InChI is InChI=1S/C8H19N5/c1-7-6-13(5-4-12(7)3)8(10-2)11-9/h7H,4-6,9H2,1-3H3,(H,10,11). The lowest BCUT2D eigenvalue weighted by Crippen LogP contribution is -2.56. The highest BCUT2D eigenvalue weighted by Crippen LogP contribution is 2.06. The van der Waals surface area contributed by atoms with E-state index in [2.05, 4.69) is 34.2 Å². The minimum atomic E-state index is 0.554. The average Bonchev–Trinajstić information content (AvgIpc) is 2.13. The summed E-state index contributed by atoms with van der Waals surface area (Å²) in [5, 5.41) is 0. The second kappa shape index (κ2) is 4.43. The molecule has 0 aromatic rings. The number of likely N-dealkylation sites (N-methyl/N-ethyl adjacent to an activating group) is 1. The van der Waals surface area contributed by atoms with Gasteiger partial charge in [0.25, 0.3) is 0 Å². The Morgan fingerprint density at radius 2 is 2.23 bits per heavy atom. The highest BCUT2D eigenvalue weighted by molar-refractivity contribution is 5.79. The lowest BCUT2D eigenvalue weighted by molar-refractivity contribution is 0.150. The van der Waals surface area contributed by atoms with E-state index in [1.165, 1.54) is 0 Å². The molecular formula is C8H19N5. The first kappa shape index (κ1) is 10.3. The summed E-state index contributed by atoms with van der Waals surface area (Å²) in [5.74, 6) is 6.14. The molecule has 1 fully saturated rings. The van der Waals surface area contributed by atoms with Crippen LogP contribution in [0.25, 0.3) is 0 Å². The Hall–Kier alpha value is -0.810. The monoisotopic (exact) mass is 185 g/mol. The van der Waals surface area contributed by atoms with Gasteiger partial charge in [-0.1, -0.05) is 0 Å².